The molecule has 0 aliphatic rings. The van der Waals surface area contributed by atoms with E-state index in [1.54, 1.807) is 0 Å². The predicted molar refractivity (Wildman–Crippen MR) is 371 cm³/mol. The second kappa shape index (κ2) is 74.8. The molecule has 0 aromatic rings. The third-order valence-electron chi connectivity index (χ3n) is 18.5. The molecular weight excluding hydrogens is 1050 g/mol. The Labute approximate surface area is 532 Å². The molecule has 506 valence electrons. The molecule has 0 aliphatic heterocycles. The summed E-state index contributed by atoms with van der Waals surface area (Å²) in [4.78, 5) is 40.2. The molecule has 85 heavy (non-hydrogen) atoms. The molecule has 0 aromatic heterocycles. The van der Waals surface area contributed by atoms with Crippen LogP contribution in [0.4, 0.5) is 0 Å². The first-order valence-corrected chi connectivity index (χ1v) is 39.2. The maximum atomic E-state index is 12.7. The number of esters is 3. The van der Waals surface area contributed by atoms with Crippen LogP contribution >= 0.6 is 0 Å². The molecule has 7 heteroatoms. The topological polar surface area (TPSA) is 82.1 Å². The maximum Gasteiger partial charge on any atom is 0.305 e. The highest BCUT2D eigenvalue weighted by Crippen LogP contribution is 2.20. The minimum atomic E-state index is -0.134. The summed E-state index contributed by atoms with van der Waals surface area (Å²) in [7, 11) is 0. The predicted octanol–water partition coefficient (Wildman–Crippen LogP) is 25.7. The molecule has 0 saturated heterocycles. The van der Waals surface area contributed by atoms with Crippen LogP contribution in [-0.4, -0.2) is 62.3 Å². The number of carbonyl (C=O) groups excluding carboxylic acids is 3. The molecule has 0 heterocycles. The van der Waals surface area contributed by atoms with Gasteiger partial charge in [-0.3, -0.25) is 19.3 Å². The second-order valence-electron chi connectivity index (χ2n) is 27.0. The van der Waals surface area contributed by atoms with Gasteiger partial charge in [0.25, 0.3) is 0 Å². The Morgan fingerprint density at radius 2 is 0.306 bits per heavy atom. The number of hydrogen-bond acceptors (Lipinski definition) is 7. The van der Waals surface area contributed by atoms with Crippen LogP contribution in [0.2, 0.25) is 0 Å². The van der Waals surface area contributed by atoms with Crippen LogP contribution in [0.15, 0.2) is 0 Å². The van der Waals surface area contributed by atoms with Gasteiger partial charge in [0.05, 0.1) is 0 Å². The molecule has 0 aliphatic carbocycles. The van der Waals surface area contributed by atoms with Crippen molar-refractivity contribution in [1.82, 2.24) is 4.90 Å². The summed E-state index contributed by atoms with van der Waals surface area (Å²) in [5.74, 6) is -0.401. The fourth-order valence-electron chi connectivity index (χ4n) is 12.5. The summed E-state index contributed by atoms with van der Waals surface area (Å²) in [6, 6.07) is 0. The van der Waals surface area contributed by atoms with Crippen LogP contribution < -0.4 is 0 Å². The molecule has 0 radical (unpaired) electrons. The molecule has 0 unspecified atom stereocenters. The molecular formula is C78H153NO6. The summed E-state index contributed by atoms with van der Waals surface area (Å²) in [5, 5.41) is 0. The lowest BCUT2D eigenvalue weighted by atomic mass is 10.0. The molecule has 0 N–H and O–H groups in total. The van der Waals surface area contributed by atoms with Crippen molar-refractivity contribution in [3.05, 3.63) is 0 Å². The van der Waals surface area contributed by atoms with Gasteiger partial charge >= 0.3 is 17.9 Å². The molecule has 7 nitrogen and oxygen atoms in total. The monoisotopic (exact) mass is 1200 g/mol. The Hall–Kier alpha value is -1.63. The normalized spacial score (nSPS) is 11.6. The lowest BCUT2D eigenvalue weighted by Crippen LogP contribution is -2.35. The first-order valence-electron chi connectivity index (χ1n) is 39.2. The fourth-order valence-corrected chi connectivity index (χ4v) is 12.5. The van der Waals surface area contributed by atoms with E-state index in [9.17, 15) is 14.4 Å². The van der Waals surface area contributed by atoms with Gasteiger partial charge in [0.1, 0.15) is 19.8 Å². The third kappa shape index (κ3) is 73.0. The largest absolute Gasteiger partial charge is 0.464 e. The maximum absolute atomic E-state index is 12.7. The van der Waals surface area contributed by atoms with E-state index in [0.29, 0.717) is 58.7 Å². The minimum absolute atomic E-state index is 0.134. The summed E-state index contributed by atoms with van der Waals surface area (Å²) in [6.45, 7) is 9.34. The Bertz CT molecular complexity index is 1140. The molecule has 0 spiro atoms. The standard InChI is InChI=1S/C78H153NO6/c1-4-7-10-13-16-19-22-25-28-31-34-37-40-43-46-49-52-55-58-61-64-67-76(80)83-73-70-79(71-74-84-77(81)68-65-62-59-56-53-50-47-44-41-38-35-32-29-26-23-20-17-14-11-8-5-2)72-75-85-78(82)69-66-63-60-57-54-51-48-45-42-39-36-33-30-27-24-21-18-15-12-9-6-3/h4-75H2,1-3H3. The number of rotatable bonds is 75. The highest BCUT2D eigenvalue weighted by Gasteiger charge is 2.12. The SMILES string of the molecule is CCCCCCCCCCCCCCCCCCCCCCCC(=O)OCCN(CCOC(=O)CCCCCCCCCCCCCCCCCCCCCCC)CCOC(=O)CCCCCCCCCCCCCCCCCCCCCCC. The summed E-state index contributed by atoms with van der Waals surface area (Å²) < 4.78 is 17.0. The average molecular weight is 1200 g/mol. The molecule has 0 rings (SSSR count). The number of carbonyl (C=O) groups is 3. The zero-order chi connectivity index (χ0) is 61.3. The zero-order valence-corrected chi connectivity index (χ0v) is 58.3. The lowest BCUT2D eigenvalue weighted by molar-refractivity contribution is -0.144. The van der Waals surface area contributed by atoms with Gasteiger partial charge in [-0.2, -0.15) is 0 Å². The van der Waals surface area contributed by atoms with Crippen LogP contribution in [0.5, 0.6) is 0 Å². The van der Waals surface area contributed by atoms with E-state index in [2.05, 4.69) is 25.7 Å². The molecule has 0 amide bonds. The van der Waals surface area contributed by atoms with Gasteiger partial charge in [0.2, 0.25) is 0 Å². The summed E-state index contributed by atoms with van der Waals surface area (Å²) in [6.07, 6.45) is 86.4. The first-order chi connectivity index (χ1) is 42.0. The average Bonchev–Trinajstić information content (AvgIpc) is 3.50. The van der Waals surface area contributed by atoms with Gasteiger partial charge in [-0.1, -0.05) is 406 Å². The number of unbranched alkanes of at least 4 members (excludes halogenated alkanes) is 60. The van der Waals surface area contributed by atoms with E-state index in [1.807, 2.05) is 0 Å². The van der Waals surface area contributed by atoms with Crippen molar-refractivity contribution in [2.24, 2.45) is 0 Å². The second-order valence-corrected chi connectivity index (χ2v) is 27.0. The van der Waals surface area contributed by atoms with Gasteiger partial charge in [0, 0.05) is 38.9 Å². The Morgan fingerprint density at radius 1 is 0.188 bits per heavy atom. The van der Waals surface area contributed by atoms with Crippen LogP contribution in [-0.2, 0) is 28.6 Å². The molecule has 0 fully saturated rings. The first kappa shape index (κ1) is 83.4. The van der Waals surface area contributed by atoms with Gasteiger partial charge in [-0.15, -0.1) is 0 Å². The van der Waals surface area contributed by atoms with E-state index >= 15 is 0 Å². The van der Waals surface area contributed by atoms with Crippen molar-refractivity contribution in [2.45, 2.75) is 445 Å². The van der Waals surface area contributed by atoms with Gasteiger partial charge < -0.3 is 14.2 Å². The van der Waals surface area contributed by atoms with E-state index < -0.39 is 0 Å². The number of nitrogens with zero attached hydrogens (tertiary/aromatic N) is 1. The smallest absolute Gasteiger partial charge is 0.305 e. The fraction of sp³-hybridized carbons (Fsp3) is 0.962. The van der Waals surface area contributed by atoms with E-state index in [1.165, 1.54) is 366 Å². The van der Waals surface area contributed by atoms with Crippen molar-refractivity contribution in [3.8, 4) is 0 Å². The van der Waals surface area contributed by atoms with Crippen LogP contribution in [0, 0.1) is 0 Å². The van der Waals surface area contributed by atoms with Crippen molar-refractivity contribution >= 4 is 17.9 Å². The van der Waals surface area contributed by atoms with Crippen LogP contribution in [0.3, 0.4) is 0 Å². The minimum Gasteiger partial charge on any atom is -0.464 e. The Balaban J connectivity index is 4.24. The van der Waals surface area contributed by atoms with Crippen LogP contribution in [0.1, 0.15) is 445 Å². The highest BCUT2D eigenvalue weighted by molar-refractivity contribution is 5.70. The number of ether oxygens (including phenoxy) is 3. The van der Waals surface area contributed by atoms with Gasteiger partial charge in [-0.05, 0) is 19.3 Å². The van der Waals surface area contributed by atoms with E-state index in [0.717, 1.165) is 38.5 Å². The molecule has 0 bridgehead atoms. The Morgan fingerprint density at radius 3 is 0.435 bits per heavy atom. The quantitative estimate of drug-likeness (QED) is 0.0341. The lowest BCUT2D eigenvalue weighted by Gasteiger charge is -2.22. The number of hydrogen-bond donors (Lipinski definition) is 0. The molecule has 0 aromatic carbocycles. The summed E-state index contributed by atoms with van der Waals surface area (Å²) in [5.41, 5.74) is 0. The van der Waals surface area contributed by atoms with Crippen molar-refractivity contribution in [1.29, 1.82) is 0 Å². The Kier molecular flexibility index (Phi) is 73.4. The molecule has 0 atom stereocenters. The van der Waals surface area contributed by atoms with Crippen molar-refractivity contribution in [2.75, 3.05) is 39.5 Å². The van der Waals surface area contributed by atoms with Crippen LogP contribution in [0.25, 0.3) is 0 Å². The highest BCUT2D eigenvalue weighted by atomic mass is 16.5. The van der Waals surface area contributed by atoms with Crippen molar-refractivity contribution in [3.63, 3.8) is 0 Å². The third-order valence-corrected chi connectivity index (χ3v) is 18.5. The van der Waals surface area contributed by atoms with E-state index in [4.69, 9.17) is 14.2 Å². The molecule has 0 saturated carbocycles. The van der Waals surface area contributed by atoms with Gasteiger partial charge in [0.15, 0.2) is 0 Å². The van der Waals surface area contributed by atoms with Gasteiger partial charge in [-0.25, -0.2) is 0 Å². The summed E-state index contributed by atoms with van der Waals surface area (Å²) >= 11 is 0. The van der Waals surface area contributed by atoms with Crippen molar-refractivity contribution < 1.29 is 28.6 Å². The van der Waals surface area contributed by atoms with E-state index in [-0.39, 0.29) is 17.9 Å². The zero-order valence-electron chi connectivity index (χ0n) is 58.3.